The third-order valence-corrected chi connectivity index (χ3v) is 1.64. The summed E-state index contributed by atoms with van der Waals surface area (Å²) in [6.45, 7) is 3.08. The number of hydrogen-bond acceptors (Lipinski definition) is 3. The third kappa shape index (κ3) is 3.98. The van der Waals surface area contributed by atoms with Gasteiger partial charge >= 0.3 is 5.97 Å². The maximum atomic E-state index is 10.8. The molecule has 0 bridgehead atoms. The zero-order valence-corrected chi connectivity index (χ0v) is 6.93. The highest BCUT2D eigenvalue weighted by molar-refractivity contribution is 5.69. The van der Waals surface area contributed by atoms with Gasteiger partial charge in [-0.3, -0.25) is 4.79 Å². The van der Waals surface area contributed by atoms with Crippen molar-refractivity contribution in [2.45, 2.75) is 32.2 Å². The molecular formula is C8H15NO2. The Labute approximate surface area is 67.1 Å². The fourth-order valence-corrected chi connectivity index (χ4v) is 0.899. The summed E-state index contributed by atoms with van der Waals surface area (Å²) in [5.74, 6) is -0.0966. The van der Waals surface area contributed by atoms with Crippen molar-refractivity contribution in [3.63, 3.8) is 0 Å². The molecule has 0 amide bonds. The van der Waals surface area contributed by atoms with E-state index in [1.807, 2.05) is 6.92 Å². The van der Waals surface area contributed by atoms with E-state index >= 15 is 0 Å². The summed E-state index contributed by atoms with van der Waals surface area (Å²) < 4.78 is 4.77. The molecule has 64 valence electrons. The molecule has 1 fully saturated rings. The molecule has 0 saturated heterocycles. The van der Waals surface area contributed by atoms with Gasteiger partial charge in [0.2, 0.25) is 0 Å². The van der Waals surface area contributed by atoms with Gasteiger partial charge < -0.3 is 10.1 Å². The van der Waals surface area contributed by atoms with E-state index in [1.54, 1.807) is 0 Å². The van der Waals surface area contributed by atoms with Gasteiger partial charge in [0.05, 0.1) is 13.0 Å². The second-order valence-corrected chi connectivity index (χ2v) is 2.78. The third-order valence-electron chi connectivity index (χ3n) is 1.64. The molecule has 0 spiro atoms. The van der Waals surface area contributed by atoms with Crippen molar-refractivity contribution >= 4 is 5.97 Å². The summed E-state index contributed by atoms with van der Waals surface area (Å²) in [6, 6.07) is 0.685. The van der Waals surface area contributed by atoms with Crippen LogP contribution >= 0.6 is 0 Å². The fraction of sp³-hybridized carbons (Fsp3) is 0.875. The molecule has 0 aromatic carbocycles. The SMILES string of the molecule is CCOC(=O)CCNC1CC1. The largest absolute Gasteiger partial charge is 0.466 e. The number of carbonyl (C=O) groups excluding carboxylic acids is 1. The van der Waals surface area contributed by atoms with Gasteiger partial charge in [0.25, 0.3) is 0 Å². The first-order valence-electron chi connectivity index (χ1n) is 4.22. The summed E-state index contributed by atoms with van der Waals surface area (Å²) in [5.41, 5.74) is 0. The lowest BCUT2D eigenvalue weighted by molar-refractivity contribution is -0.142. The molecule has 0 heterocycles. The van der Waals surface area contributed by atoms with Gasteiger partial charge in [0.1, 0.15) is 0 Å². The predicted octanol–water partition coefficient (Wildman–Crippen LogP) is 0.692. The molecule has 1 aliphatic carbocycles. The van der Waals surface area contributed by atoms with E-state index in [9.17, 15) is 4.79 Å². The minimum Gasteiger partial charge on any atom is -0.466 e. The summed E-state index contributed by atoms with van der Waals surface area (Å²) >= 11 is 0. The first-order valence-corrected chi connectivity index (χ1v) is 4.22. The fourth-order valence-electron chi connectivity index (χ4n) is 0.899. The monoisotopic (exact) mass is 157 g/mol. The lowest BCUT2D eigenvalue weighted by Gasteiger charge is -2.01. The number of hydrogen-bond donors (Lipinski definition) is 1. The van der Waals surface area contributed by atoms with E-state index < -0.39 is 0 Å². The zero-order valence-electron chi connectivity index (χ0n) is 6.93. The highest BCUT2D eigenvalue weighted by Crippen LogP contribution is 2.18. The van der Waals surface area contributed by atoms with Crippen LogP contribution in [-0.4, -0.2) is 25.2 Å². The lowest BCUT2D eigenvalue weighted by Crippen LogP contribution is -2.21. The molecule has 1 N–H and O–H groups in total. The van der Waals surface area contributed by atoms with E-state index in [-0.39, 0.29) is 5.97 Å². The van der Waals surface area contributed by atoms with E-state index in [0.29, 0.717) is 19.1 Å². The van der Waals surface area contributed by atoms with Gasteiger partial charge in [0.15, 0.2) is 0 Å². The Balaban J connectivity index is 1.88. The van der Waals surface area contributed by atoms with Crippen molar-refractivity contribution < 1.29 is 9.53 Å². The second-order valence-electron chi connectivity index (χ2n) is 2.78. The Hall–Kier alpha value is -0.570. The second kappa shape index (κ2) is 4.34. The van der Waals surface area contributed by atoms with Crippen LogP contribution in [0.25, 0.3) is 0 Å². The van der Waals surface area contributed by atoms with Crippen LogP contribution in [0, 0.1) is 0 Å². The van der Waals surface area contributed by atoms with E-state index in [4.69, 9.17) is 4.74 Å². The van der Waals surface area contributed by atoms with Crippen LogP contribution in [0.15, 0.2) is 0 Å². The average Bonchev–Trinajstić information content (AvgIpc) is 2.72. The van der Waals surface area contributed by atoms with E-state index in [2.05, 4.69) is 5.32 Å². The van der Waals surface area contributed by atoms with Crippen molar-refractivity contribution in [1.29, 1.82) is 0 Å². The summed E-state index contributed by atoms with van der Waals surface area (Å²) in [7, 11) is 0. The maximum absolute atomic E-state index is 10.8. The molecule has 3 heteroatoms. The topological polar surface area (TPSA) is 38.3 Å². The van der Waals surface area contributed by atoms with Crippen LogP contribution in [0.4, 0.5) is 0 Å². The average molecular weight is 157 g/mol. The van der Waals surface area contributed by atoms with Crippen LogP contribution < -0.4 is 5.32 Å². The van der Waals surface area contributed by atoms with Crippen LogP contribution in [0.5, 0.6) is 0 Å². The van der Waals surface area contributed by atoms with Gasteiger partial charge in [-0.25, -0.2) is 0 Å². The van der Waals surface area contributed by atoms with Gasteiger partial charge in [-0.1, -0.05) is 0 Å². The Morgan fingerprint density at radius 3 is 2.91 bits per heavy atom. The number of carbonyl (C=O) groups is 1. The Bertz CT molecular complexity index is 132. The van der Waals surface area contributed by atoms with Gasteiger partial charge in [-0.15, -0.1) is 0 Å². The molecule has 1 aliphatic rings. The summed E-state index contributed by atoms with van der Waals surface area (Å²) in [6.07, 6.45) is 3.04. The molecular weight excluding hydrogens is 142 g/mol. The van der Waals surface area contributed by atoms with Crippen molar-refractivity contribution in [3.05, 3.63) is 0 Å². The summed E-state index contributed by atoms with van der Waals surface area (Å²) in [4.78, 5) is 10.8. The quantitative estimate of drug-likeness (QED) is 0.597. The molecule has 1 rings (SSSR count). The number of rotatable bonds is 5. The molecule has 0 aromatic rings. The highest BCUT2D eigenvalue weighted by Gasteiger charge is 2.20. The first-order chi connectivity index (χ1) is 5.33. The zero-order chi connectivity index (χ0) is 8.10. The Kier molecular flexibility index (Phi) is 3.36. The first kappa shape index (κ1) is 8.53. The van der Waals surface area contributed by atoms with E-state index in [0.717, 1.165) is 6.54 Å². The summed E-state index contributed by atoms with van der Waals surface area (Å²) in [5, 5.41) is 3.25. The minimum absolute atomic E-state index is 0.0966. The Morgan fingerprint density at radius 1 is 1.64 bits per heavy atom. The van der Waals surface area contributed by atoms with Crippen molar-refractivity contribution in [1.82, 2.24) is 5.32 Å². The number of ether oxygens (including phenoxy) is 1. The minimum atomic E-state index is -0.0966. The molecule has 0 radical (unpaired) electrons. The van der Waals surface area contributed by atoms with Gasteiger partial charge in [-0.05, 0) is 19.8 Å². The molecule has 3 nitrogen and oxygen atoms in total. The maximum Gasteiger partial charge on any atom is 0.307 e. The molecule has 0 atom stereocenters. The standard InChI is InChI=1S/C8H15NO2/c1-2-11-8(10)5-6-9-7-3-4-7/h7,9H,2-6H2,1H3. The van der Waals surface area contributed by atoms with Crippen molar-refractivity contribution in [2.75, 3.05) is 13.2 Å². The van der Waals surface area contributed by atoms with Crippen LogP contribution in [-0.2, 0) is 9.53 Å². The lowest BCUT2D eigenvalue weighted by atomic mass is 10.4. The number of nitrogens with one attached hydrogen (secondary N) is 1. The van der Waals surface area contributed by atoms with E-state index in [1.165, 1.54) is 12.8 Å². The van der Waals surface area contributed by atoms with Gasteiger partial charge in [0, 0.05) is 12.6 Å². The molecule has 0 aliphatic heterocycles. The normalized spacial score (nSPS) is 16.5. The van der Waals surface area contributed by atoms with Crippen molar-refractivity contribution in [2.24, 2.45) is 0 Å². The van der Waals surface area contributed by atoms with Crippen molar-refractivity contribution in [3.8, 4) is 0 Å². The van der Waals surface area contributed by atoms with Gasteiger partial charge in [-0.2, -0.15) is 0 Å². The van der Waals surface area contributed by atoms with Crippen LogP contribution in [0.3, 0.4) is 0 Å². The number of esters is 1. The predicted molar refractivity (Wildman–Crippen MR) is 42.3 cm³/mol. The molecule has 0 unspecified atom stereocenters. The van der Waals surface area contributed by atoms with Crippen LogP contribution in [0.1, 0.15) is 26.2 Å². The molecule has 11 heavy (non-hydrogen) atoms. The Morgan fingerprint density at radius 2 is 2.36 bits per heavy atom. The molecule has 1 saturated carbocycles. The van der Waals surface area contributed by atoms with Crippen LogP contribution in [0.2, 0.25) is 0 Å². The smallest absolute Gasteiger partial charge is 0.307 e. The molecule has 0 aromatic heterocycles. The highest BCUT2D eigenvalue weighted by atomic mass is 16.5.